The van der Waals surface area contributed by atoms with Crippen molar-refractivity contribution in [1.82, 2.24) is 9.38 Å². The van der Waals surface area contributed by atoms with Gasteiger partial charge in [0, 0.05) is 12.3 Å². The van der Waals surface area contributed by atoms with Crippen LogP contribution in [0, 0.1) is 6.92 Å². The number of esters is 1. The lowest BCUT2D eigenvalue weighted by Gasteiger charge is -2.12. The molecular formula is C19H18N2O5. The Balaban J connectivity index is 1.86. The third-order valence-electron chi connectivity index (χ3n) is 3.91. The Morgan fingerprint density at radius 1 is 1.15 bits per heavy atom. The molecule has 2 aromatic heterocycles. The Hall–Kier alpha value is -3.35. The molecule has 0 saturated heterocycles. The normalized spacial score (nSPS) is 10.6. The van der Waals surface area contributed by atoms with Crippen molar-refractivity contribution in [2.24, 2.45) is 0 Å². The molecule has 2 heterocycles. The number of pyridine rings is 1. The maximum atomic E-state index is 12.4. The lowest BCUT2D eigenvalue weighted by Crippen LogP contribution is -2.17. The largest absolute Gasteiger partial charge is 0.493 e. The maximum absolute atomic E-state index is 12.4. The van der Waals surface area contributed by atoms with E-state index < -0.39 is 5.97 Å². The summed E-state index contributed by atoms with van der Waals surface area (Å²) in [6.07, 6.45) is 1.65. The minimum atomic E-state index is -0.590. The first kappa shape index (κ1) is 17.5. The molecular weight excluding hydrogens is 336 g/mol. The van der Waals surface area contributed by atoms with E-state index in [4.69, 9.17) is 14.2 Å². The number of hydrogen-bond acceptors (Lipinski definition) is 6. The van der Waals surface area contributed by atoms with Crippen molar-refractivity contribution in [3.05, 3.63) is 69.8 Å². The molecule has 0 N–H and O–H groups in total. The van der Waals surface area contributed by atoms with Gasteiger partial charge < -0.3 is 14.2 Å². The Bertz CT molecular complexity index is 1030. The number of para-hydroxylation sites is 1. The van der Waals surface area contributed by atoms with Gasteiger partial charge in [-0.3, -0.25) is 9.20 Å². The van der Waals surface area contributed by atoms with Gasteiger partial charge in [0.15, 0.2) is 11.5 Å². The van der Waals surface area contributed by atoms with Gasteiger partial charge in [-0.15, -0.1) is 0 Å². The molecule has 0 amide bonds. The van der Waals surface area contributed by atoms with Crippen molar-refractivity contribution in [2.75, 3.05) is 14.2 Å². The van der Waals surface area contributed by atoms with Gasteiger partial charge in [0.25, 0.3) is 5.56 Å². The summed E-state index contributed by atoms with van der Waals surface area (Å²) in [5, 5.41) is 0. The topological polar surface area (TPSA) is 79.1 Å². The molecule has 7 heteroatoms. The molecule has 134 valence electrons. The van der Waals surface area contributed by atoms with E-state index in [9.17, 15) is 9.59 Å². The van der Waals surface area contributed by atoms with Gasteiger partial charge in [-0.25, -0.2) is 9.78 Å². The molecule has 0 aliphatic carbocycles. The lowest BCUT2D eigenvalue weighted by atomic mass is 10.2. The van der Waals surface area contributed by atoms with Crippen molar-refractivity contribution < 1.29 is 19.0 Å². The number of methoxy groups -OCH3 is 2. The summed E-state index contributed by atoms with van der Waals surface area (Å²) < 4.78 is 17.2. The summed E-state index contributed by atoms with van der Waals surface area (Å²) in [5.74, 6) is 0.134. The number of nitrogens with zero attached hydrogens (tertiary/aromatic N) is 2. The molecule has 0 atom stereocenters. The van der Waals surface area contributed by atoms with E-state index in [1.807, 2.05) is 13.0 Å². The molecule has 0 fully saturated rings. The molecule has 3 aromatic rings. The average molecular weight is 354 g/mol. The predicted octanol–water partition coefficient (Wildman–Crippen LogP) is 2.38. The zero-order valence-electron chi connectivity index (χ0n) is 14.7. The zero-order valence-corrected chi connectivity index (χ0v) is 14.7. The summed E-state index contributed by atoms with van der Waals surface area (Å²) in [5.41, 5.74) is 1.76. The number of carbonyl (C=O) groups is 1. The average Bonchev–Trinajstić information content (AvgIpc) is 2.66. The number of rotatable bonds is 5. The molecule has 1 aromatic carbocycles. The van der Waals surface area contributed by atoms with E-state index in [0.717, 1.165) is 5.56 Å². The van der Waals surface area contributed by atoms with E-state index in [2.05, 4.69) is 4.98 Å². The molecule has 0 aliphatic rings. The molecule has 0 unspecified atom stereocenters. The fraction of sp³-hybridized carbons (Fsp3) is 0.211. The standard InChI is InChI=1S/C19H18N2O5/c1-12-6-5-9-21-16(22)10-13(20-18(12)21)11-26-19(23)14-7-4-8-15(24-2)17(14)25-3/h4-10H,11H2,1-3H3. The Kier molecular flexibility index (Phi) is 4.88. The Labute approximate surface area is 149 Å². The van der Waals surface area contributed by atoms with E-state index >= 15 is 0 Å². The van der Waals surface area contributed by atoms with Gasteiger partial charge in [-0.05, 0) is 30.7 Å². The van der Waals surface area contributed by atoms with E-state index in [1.54, 1.807) is 30.5 Å². The maximum Gasteiger partial charge on any atom is 0.342 e. The van der Waals surface area contributed by atoms with Gasteiger partial charge in [0.2, 0.25) is 0 Å². The summed E-state index contributed by atoms with van der Waals surface area (Å²) >= 11 is 0. The summed E-state index contributed by atoms with van der Waals surface area (Å²) in [6.45, 7) is 1.73. The molecule has 26 heavy (non-hydrogen) atoms. The highest BCUT2D eigenvalue weighted by Crippen LogP contribution is 2.31. The number of benzene rings is 1. The minimum Gasteiger partial charge on any atom is -0.493 e. The predicted molar refractivity (Wildman–Crippen MR) is 94.9 cm³/mol. The van der Waals surface area contributed by atoms with Crippen LogP contribution in [-0.2, 0) is 11.3 Å². The van der Waals surface area contributed by atoms with Crippen molar-refractivity contribution >= 4 is 11.6 Å². The Morgan fingerprint density at radius 2 is 1.96 bits per heavy atom. The van der Waals surface area contributed by atoms with Gasteiger partial charge in [0.05, 0.1) is 19.9 Å². The fourth-order valence-electron chi connectivity index (χ4n) is 2.65. The highest BCUT2D eigenvalue weighted by atomic mass is 16.5. The number of fused-ring (bicyclic) bond motifs is 1. The van der Waals surface area contributed by atoms with Crippen LogP contribution in [0.5, 0.6) is 11.5 Å². The molecule has 3 rings (SSSR count). The van der Waals surface area contributed by atoms with Crippen molar-refractivity contribution in [3.8, 4) is 11.5 Å². The van der Waals surface area contributed by atoms with Crippen molar-refractivity contribution in [2.45, 2.75) is 13.5 Å². The first-order chi connectivity index (χ1) is 12.5. The number of carbonyl (C=O) groups excluding carboxylic acids is 1. The second kappa shape index (κ2) is 7.26. The van der Waals surface area contributed by atoms with Crippen LogP contribution in [0.15, 0.2) is 47.4 Å². The van der Waals surface area contributed by atoms with Gasteiger partial charge in [0.1, 0.15) is 17.8 Å². The number of aromatic nitrogens is 2. The van der Waals surface area contributed by atoms with E-state index in [0.29, 0.717) is 22.8 Å². The number of ether oxygens (including phenoxy) is 3. The fourth-order valence-corrected chi connectivity index (χ4v) is 2.65. The first-order valence-electron chi connectivity index (χ1n) is 7.91. The second-order valence-corrected chi connectivity index (χ2v) is 5.59. The van der Waals surface area contributed by atoms with Gasteiger partial charge in [-0.1, -0.05) is 12.1 Å². The zero-order chi connectivity index (χ0) is 18.7. The monoisotopic (exact) mass is 354 g/mol. The molecule has 0 aliphatic heterocycles. The summed E-state index contributed by atoms with van der Waals surface area (Å²) in [7, 11) is 2.94. The molecule has 0 radical (unpaired) electrons. The number of hydrogen-bond donors (Lipinski definition) is 0. The van der Waals surface area contributed by atoms with Crippen LogP contribution in [-0.4, -0.2) is 29.6 Å². The van der Waals surface area contributed by atoms with Crippen LogP contribution < -0.4 is 15.0 Å². The minimum absolute atomic E-state index is 0.126. The van der Waals surface area contributed by atoms with Crippen LogP contribution in [0.25, 0.3) is 5.65 Å². The van der Waals surface area contributed by atoms with Crippen molar-refractivity contribution in [1.29, 1.82) is 0 Å². The Morgan fingerprint density at radius 3 is 2.69 bits per heavy atom. The quantitative estimate of drug-likeness (QED) is 0.655. The highest BCUT2D eigenvalue weighted by Gasteiger charge is 2.18. The smallest absolute Gasteiger partial charge is 0.342 e. The third-order valence-corrected chi connectivity index (χ3v) is 3.91. The lowest BCUT2D eigenvalue weighted by molar-refractivity contribution is 0.0463. The summed E-state index contributed by atoms with van der Waals surface area (Å²) in [6, 6.07) is 9.92. The molecule has 0 saturated carbocycles. The van der Waals surface area contributed by atoms with E-state index in [1.165, 1.54) is 24.7 Å². The molecule has 7 nitrogen and oxygen atoms in total. The van der Waals surface area contributed by atoms with Crippen LogP contribution in [0.1, 0.15) is 21.6 Å². The van der Waals surface area contributed by atoms with Gasteiger partial charge in [-0.2, -0.15) is 0 Å². The second-order valence-electron chi connectivity index (χ2n) is 5.59. The van der Waals surface area contributed by atoms with Crippen LogP contribution in [0.4, 0.5) is 0 Å². The van der Waals surface area contributed by atoms with Gasteiger partial charge >= 0.3 is 5.97 Å². The van der Waals surface area contributed by atoms with Crippen LogP contribution >= 0.6 is 0 Å². The van der Waals surface area contributed by atoms with E-state index in [-0.39, 0.29) is 17.7 Å². The molecule has 0 bridgehead atoms. The van der Waals surface area contributed by atoms with Crippen LogP contribution in [0.2, 0.25) is 0 Å². The van der Waals surface area contributed by atoms with Crippen molar-refractivity contribution in [3.63, 3.8) is 0 Å². The highest BCUT2D eigenvalue weighted by molar-refractivity contribution is 5.93. The molecule has 0 spiro atoms. The van der Waals surface area contributed by atoms with Crippen LogP contribution in [0.3, 0.4) is 0 Å². The summed E-state index contributed by atoms with van der Waals surface area (Å²) in [4.78, 5) is 29.0. The third kappa shape index (κ3) is 3.23. The SMILES string of the molecule is COc1cccc(C(=O)OCc2cc(=O)n3cccc(C)c3n2)c1OC. The number of aryl methyl sites for hydroxylation is 1. The first-order valence-corrected chi connectivity index (χ1v) is 7.91.